The van der Waals surface area contributed by atoms with Gasteiger partial charge in [-0.15, -0.1) is 11.3 Å². The third-order valence-electron chi connectivity index (χ3n) is 3.65. The minimum absolute atomic E-state index is 0.115. The lowest BCUT2D eigenvalue weighted by molar-refractivity contribution is -0.114. The fourth-order valence-electron chi connectivity index (χ4n) is 2.37. The van der Waals surface area contributed by atoms with Crippen LogP contribution in [0.3, 0.4) is 0 Å². The summed E-state index contributed by atoms with van der Waals surface area (Å²) < 4.78 is 25.4. The van der Waals surface area contributed by atoms with Gasteiger partial charge >= 0.3 is 0 Å². The van der Waals surface area contributed by atoms with Crippen LogP contribution in [0.4, 0.5) is 11.4 Å². The first kappa shape index (κ1) is 18.8. The number of nitrogens with one attached hydrogen (secondary N) is 2. The molecule has 138 valence electrons. The zero-order valence-electron chi connectivity index (χ0n) is 14.3. The lowest BCUT2D eigenvalue weighted by Gasteiger charge is -2.08. The quantitative estimate of drug-likeness (QED) is 0.681. The first-order chi connectivity index (χ1) is 12.9. The van der Waals surface area contributed by atoms with E-state index in [0.717, 1.165) is 0 Å². The summed E-state index contributed by atoms with van der Waals surface area (Å²) in [6, 6.07) is 15.4. The summed E-state index contributed by atoms with van der Waals surface area (Å²) in [6.45, 7) is 1.38. The minimum Gasteiger partial charge on any atom is -0.326 e. The lowest BCUT2D eigenvalue weighted by Crippen LogP contribution is -2.10. The van der Waals surface area contributed by atoms with Crippen LogP contribution in [0.15, 0.2) is 75.8 Å². The predicted molar refractivity (Wildman–Crippen MR) is 105 cm³/mol. The molecule has 0 saturated heterocycles. The van der Waals surface area contributed by atoms with Gasteiger partial charge in [0.1, 0.15) is 0 Å². The van der Waals surface area contributed by atoms with Gasteiger partial charge in [-0.3, -0.25) is 9.59 Å². The van der Waals surface area contributed by atoms with Crippen molar-refractivity contribution in [3.63, 3.8) is 0 Å². The van der Waals surface area contributed by atoms with Gasteiger partial charge in [0.25, 0.3) is 5.91 Å². The van der Waals surface area contributed by atoms with Crippen LogP contribution in [0, 0.1) is 0 Å². The average Bonchev–Trinajstić information content (AvgIpc) is 3.17. The monoisotopic (exact) mass is 400 g/mol. The summed E-state index contributed by atoms with van der Waals surface area (Å²) in [5.41, 5.74) is 1.03. The highest BCUT2D eigenvalue weighted by atomic mass is 32.2. The number of carbonyl (C=O) groups is 2. The molecule has 2 aromatic carbocycles. The van der Waals surface area contributed by atoms with Crippen molar-refractivity contribution in [2.75, 3.05) is 10.6 Å². The molecule has 3 aromatic rings. The number of amides is 2. The molecule has 0 saturated carbocycles. The van der Waals surface area contributed by atoms with E-state index in [1.54, 1.807) is 24.3 Å². The predicted octanol–water partition coefficient (Wildman–Crippen LogP) is 3.79. The Labute approximate surface area is 160 Å². The smallest absolute Gasteiger partial charge is 0.265 e. The fourth-order valence-corrected chi connectivity index (χ4v) is 4.25. The van der Waals surface area contributed by atoms with Crippen molar-refractivity contribution in [2.45, 2.75) is 16.7 Å². The molecular formula is C19H16N2O4S2. The van der Waals surface area contributed by atoms with Crippen molar-refractivity contribution in [2.24, 2.45) is 0 Å². The lowest BCUT2D eigenvalue weighted by atomic mass is 10.3. The molecule has 3 rings (SSSR count). The number of sulfone groups is 1. The fraction of sp³-hybridized carbons (Fsp3) is 0.0526. The second kappa shape index (κ2) is 7.73. The molecule has 0 atom stereocenters. The molecule has 0 radical (unpaired) electrons. The Kier molecular flexibility index (Phi) is 5.38. The molecule has 2 amide bonds. The number of anilines is 2. The minimum atomic E-state index is -3.70. The first-order valence-corrected chi connectivity index (χ1v) is 10.3. The van der Waals surface area contributed by atoms with E-state index in [9.17, 15) is 18.0 Å². The summed E-state index contributed by atoms with van der Waals surface area (Å²) in [5, 5.41) is 7.12. The standard InChI is InChI=1S/C19H16N2O4S2/c1-13(22)20-14-4-8-16(9-5-14)27(24,25)17-10-6-15(7-11-17)21-19(23)18-3-2-12-26-18/h2-12H,1H3,(H,20,22)(H,21,23). The molecule has 0 aliphatic rings. The summed E-state index contributed by atoms with van der Waals surface area (Å²) in [6.07, 6.45) is 0. The van der Waals surface area contributed by atoms with E-state index < -0.39 is 9.84 Å². The molecular weight excluding hydrogens is 384 g/mol. The van der Waals surface area contributed by atoms with Crippen molar-refractivity contribution in [3.05, 3.63) is 70.9 Å². The molecule has 0 unspecified atom stereocenters. The van der Waals surface area contributed by atoms with Gasteiger partial charge in [-0.25, -0.2) is 8.42 Å². The van der Waals surface area contributed by atoms with Crippen LogP contribution in [0.2, 0.25) is 0 Å². The van der Waals surface area contributed by atoms with Crippen LogP contribution in [0.1, 0.15) is 16.6 Å². The highest BCUT2D eigenvalue weighted by Gasteiger charge is 2.18. The second-order valence-corrected chi connectivity index (χ2v) is 8.56. The van der Waals surface area contributed by atoms with Gasteiger partial charge in [-0.2, -0.15) is 0 Å². The summed E-state index contributed by atoms with van der Waals surface area (Å²) in [7, 11) is -3.70. The first-order valence-electron chi connectivity index (χ1n) is 7.94. The third-order valence-corrected chi connectivity index (χ3v) is 6.31. The van der Waals surface area contributed by atoms with Crippen LogP contribution in [-0.4, -0.2) is 20.2 Å². The number of hydrogen-bond acceptors (Lipinski definition) is 5. The SMILES string of the molecule is CC(=O)Nc1ccc(S(=O)(=O)c2ccc(NC(=O)c3cccs3)cc2)cc1. The van der Waals surface area contributed by atoms with Crippen molar-refractivity contribution < 1.29 is 18.0 Å². The van der Waals surface area contributed by atoms with Crippen molar-refractivity contribution in [3.8, 4) is 0 Å². The van der Waals surface area contributed by atoms with E-state index in [4.69, 9.17) is 0 Å². The van der Waals surface area contributed by atoms with E-state index in [1.165, 1.54) is 54.7 Å². The van der Waals surface area contributed by atoms with E-state index in [0.29, 0.717) is 16.3 Å². The van der Waals surface area contributed by atoms with Gasteiger partial charge < -0.3 is 10.6 Å². The van der Waals surface area contributed by atoms with E-state index >= 15 is 0 Å². The number of benzene rings is 2. The van der Waals surface area contributed by atoms with Crippen LogP contribution in [0.25, 0.3) is 0 Å². The zero-order valence-corrected chi connectivity index (χ0v) is 15.9. The molecule has 8 heteroatoms. The van der Waals surface area contributed by atoms with Crippen molar-refractivity contribution in [1.82, 2.24) is 0 Å². The van der Waals surface area contributed by atoms with Gasteiger partial charge in [0.2, 0.25) is 15.7 Å². The average molecular weight is 400 g/mol. The number of rotatable bonds is 5. The van der Waals surface area contributed by atoms with Gasteiger partial charge in [-0.05, 0) is 60.0 Å². The Morgan fingerprint density at radius 1 is 0.815 bits per heavy atom. The Bertz CT molecular complexity index is 1060. The maximum absolute atomic E-state index is 12.7. The zero-order chi connectivity index (χ0) is 19.4. The molecule has 0 aliphatic heterocycles. The summed E-state index contributed by atoms with van der Waals surface area (Å²) >= 11 is 1.33. The highest BCUT2D eigenvalue weighted by molar-refractivity contribution is 7.91. The number of thiophene rings is 1. The van der Waals surface area contributed by atoms with Gasteiger partial charge in [-0.1, -0.05) is 6.07 Å². The highest BCUT2D eigenvalue weighted by Crippen LogP contribution is 2.24. The van der Waals surface area contributed by atoms with E-state index in [1.807, 2.05) is 5.38 Å². The van der Waals surface area contributed by atoms with Crippen LogP contribution < -0.4 is 10.6 Å². The second-order valence-electron chi connectivity index (χ2n) is 5.66. The molecule has 2 N–H and O–H groups in total. The Morgan fingerprint density at radius 2 is 1.33 bits per heavy atom. The molecule has 27 heavy (non-hydrogen) atoms. The summed E-state index contributed by atoms with van der Waals surface area (Å²) in [4.78, 5) is 23.9. The molecule has 0 bridgehead atoms. The number of carbonyl (C=O) groups excluding carboxylic acids is 2. The Hall–Kier alpha value is -2.97. The van der Waals surface area contributed by atoms with Gasteiger partial charge in [0.05, 0.1) is 14.7 Å². The van der Waals surface area contributed by atoms with Gasteiger partial charge in [0.15, 0.2) is 0 Å². The largest absolute Gasteiger partial charge is 0.326 e. The van der Waals surface area contributed by atoms with Crippen LogP contribution in [0.5, 0.6) is 0 Å². The third kappa shape index (κ3) is 4.42. The number of hydrogen-bond donors (Lipinski definition) is 2. The molecule has 6 nitrogen and oxygen atoms in total. The normalized spacial score (nSPS) is 11.0. The molecule has 1 aromatic heterocycles. The van der Waals surface area contributed by atoms with E-state index in [-0.39, 0.29) is 21.6 Å². The molecule has 1 heterocycles. The maximum Gasteiger partial charge on any atom is 0.265 e. The molecule has 0 aliphatic carbocycles. The van der Waals surface area contributed by atoms with Crippen LogP contribution in [-0.2, 0) is 14.6 Å². The van der Waals surface area contributed by atoms with Gasteiger partial charge in [0, 0.05) is 18.3 Å². The van der Waals surface area contributed by atoms with Crippen LogP contribution >= 0.6 is 11.3 Å². The molecule has 0 fully saturated rings. The maximum atomic E-state index is 12.7. The summed E-state index contributed by atoms with van der Waals surface area (Å²) in [5.74, 6) is -0.472. The topological polar surface area (TPSA) is 92.3 Å². The Morgan fingerprint density at radius 3 is 1.78 bits per heavy atom. The molecule has 0 spiro atoms. The Balaban J connectivity index is 1.77. The van der Waals surface area contributed by atoms with Crippen molar-refractivity contribution >= 4 is 44.4 Å². The van der Waals surface area contributed by atoms with Crippen molar-refractivity contribution in [1.29, 1.82) is 0 Å². The van der Waals surface area contributed by atoms with E-state index in [2.05, 4.69) is 10.6 Å².